The summed E-state index contributed by atoms with van der Waals surface area (Å²) in [5, 5.41) is 0. The van der Waals surface area contributed by atoms with Crippen molar-refractivity contribution in [3.63, 3.8) is 0 Å². The maximum absolute atomic E-state index is 4.86. The molecule has 1 aromatic heterocycles. The van der Waals surface area contributed by atoms with Gasteiger partial charge in [-0.25, -0.2) is 0 Å². The minimum Gasteiger partial charge on any atom is -0.294 e. The molecule has 3 rings (SSSR count). The van der Waals surface area contributed by atoms with E-state index < -0.39 is 0 Å². The first-order valence-corrected chi connectivity index (χ1v) is 8.18. The summed E-state index contributed by atoms with van der Waals surface area (Å²) in [6, 6.07) is 15.1. The van der Waals surface area contributed by atoms with Gasteiger partial charge in [-0.05, 0) is 42.5 Å². The van der Waals surface area contributed by atoms with Gasteiger partial charge in [-0.3, -0.25) is 9.88 Å². The molecule has 0 saturated heterocycles. The first kappa shape index (κ1) is 15.0. The number of benzene rings is 1. The Morgan fingerprint density at radius 3 is 2.68 bits per heavy atom. The van der Waals surface area contributed by atoms with Gasteiger partial charge in [-0.1, -0.05) is 49.4 Å². The summed E-state index contributed by atoms with van der Waals surface area (Å²) >= 11 is 0. The molecule has 0 unspecified atom stereocenters. The molecule has 0 radical (unpaired) electrons. The van der Waals surface area contributed by atoms with Gasteiger partial charge in [-0.2, -0.15) is 0 Å². The van der Waals surface area contributed by atoms with E-state index in [1.165, 1.54) is 22.4 Å². The van der Waals surface area contributed by atoms with Crippen molar-refractivity contribution in [2.24, 2.45) is 0 Å². The minimum atomic E-state index is 0.994. The highest BCUT2D eigenvalue weighted by atomic mass is 15.1. The number of rotatable bonds is 4. The van der Waals surface area contributed by atoms with Gasteiger partial charge in [0.1, 0.15) is 0 Å². The molecule has 1 aliphatic heterocycles. The lowest BCUT2D eigenvalue weighted by atomic mass is 10.0. The fourth-order valence-corrected chi connectivity index (χ4v) is 3.08. The van der Waals surface area contributed by atoms with Gasteiger partial charge in [0.15, 0.2) is 0 Å². The molecule has 114 valence electrons. The van der Waals surface area contributed by atoms with Gasteiger partial charge in [-0.15, -0.1) is 0 Å². The Labute approximate surface area is 133 Å². The third-order valence-corrected chi connectivity index (χ3v) is 4.34. The van der Waals surface area contributed by atoms with Crippen LogP contribution in [0.5, 0.6) is 0 Å². The highest BCUT2D eigenvalue weighted by Gasteiger charge is 2.15. The van der Waals surface area contributed by atoms with Gasteiger partial charge < -0.3 is 0 Å². The number of nitrogens with zero attached hydrogens (tertiary/aromatic N) is 2. The highest BCUT2D eigenvalue weighted by molar-refractivity contribution is 5.65. The molecule has 22 heavy (non-hydrogen) atoms. The second-order valence-corrected chi connectivity index (χ2v) is 6.03. The molecule has 0 bridgehead atoms. The van der Waals surface area contributed by atoms with Gasteiger partial charge in [0.05, 0.1) is 5.69 Å². The van der Waals surface area contributed by atoms with Crippen molar-refractivity contribution in [3.8, 4) is 0 Å². The van der Waals surface area contributed by atoms with Crippen LogP contribution in [0.25, 0.3) is 5.57 Å². The summed E-state index contributed by atoms with van der Waals surface area (Å²) in [5.41, 5.74) is 6.43. The molecular weight excluding hydrogens is 268 g/mol. The van der Waals surface area contributed by atoms with E-state index in [-0.39, 0.29) is 0 Å². The Bertz CT molecular complexity index is 659. The Morgan fingerprint density at radius 1 is 1.09 bits per heavy atom. The van der Waals surface area contributed by atoms with E-state index in [1.807, 2.05) is 0 Å². The molecule has 2 heterocycles. The SMILES string of the molecule is CCc1nc(C2=CCCN(Cc3ccccc3)C2)ccc1C. The number of aromatic nitrogens is 1. The van der Waals surface area contributed by atoms with Crippen LogP contribution in [0.3, 0.4) is 0 Å². The second kappa shape index (κ2) is 6.89. The van der Waals surface area contributed by atoms with Gasteiger partial charge >= 0.3 is 0 Å². The first-order valence-electron chi connectivity index (χ1n) is 8.18. The summed E-state index contributed by atoms with van der Waals surface area (Å²) in [4.78, 5) is 7.37. The molecule has 0 aliphatic carbocycles. The fraction of sp³-hybridized carbons (Fsp3) is 0.350. The van der Waals surface area contributed by atoms with Crippen molar-refractivity contribution >= 4 is 5.57 Å². The molecule has 1 aromatic carbocycles. The monoisotopic (exact) mass is 292 g/mol. The lowest BCUT2D eigenvalue weighted by Crippen LogP contribution is -2.29. The van der Waals surface area contributed by atoms with E-state index in [0.29, 0.717) is 0 Å². The van der Waals surface area contributed by atoms with Crippen LogP contribution in [0.15, 0.2) is 48.5 Å². The van der Waals surface area contributed by atoms with Crippen LogP contribution in [-0.4, -0.2) is 23.0 Å². The van der Waals surface area contributed by atoms with Crippen molar-refractivity contribution in [3.05, 3.63) is 71.1 Å². The van der Waals surface area contributed by atoms with E-state index in [4.69, 9.17) is 4.98 Å². The summed E-state index contributed by atoms with van der Waals surface area (Å²) in [6.07, 6.45) is 4.47. The van der Waals surface area contributed by atoms with Crippen molar-refractivity contribution in [2.75, 3.05) is 13.1 Å². The standard InChI is InChI=1S/C20H24N2/c1-3-19-16(2)11-12-20(21-19)18-10-7-13-22(15-18)14-17-8-5-4-6-9-17/h4-6,8-12H,3,7,13-15H2,1-2H3. The van der Waals surface area contributed by atoms with Crippen LogP contribution in [-0.2, 0) is 13.0 Å². The number of pyridine rings is 1. The maximum atomic E-state index is 4.86. The van der Waals surface area contributed by atoms with E-state index >= 15 is 0 Å². The number of hydrogen-bond acceptors (Lipinski definition) is 2. The van der Waals surface area contributed by atoms with E-state index in [0.717, 1.165) is 38.2 Å². The molecule has 1 aliphatic rings. The van der Waals surface area contributed by atoms with Crippen LogP contribution in [0.2, 0.25) is 0 Å². The molecule has 0 saturated carbocycles. The predicted octanol–water partition coefficient (Wildman–Crippen LogP) is 4.24. The van der Waals surface area contributed by atoms with Gasteiger partial charge in [0.25, 0.3) is 0 Å². The fourth-order valence-electron chi connectivity index (χ4n) is 3.08. The third-order valence-electron chi connectivity index (χ3n) is 4.34. The molecular formula is C20H24N2. The molecule has 0 atom stereocenters. The lowest BCUT2D eigenvalue weighted by Gasteiger charge is -2.27. The molecule has 0 fully saturated rings. The summed E-state index contributed by atoms with van der Waals surface area (Å²) in [7, 11) is 0. The smallest absolute Gasteiger partial charge is 0.0675 e. The van der Waals surface area contributed by atoms with E-state index in [9.17, 15) is 0 Å². The first-order chi connectivity index (χ1) is 10.8. The molecule has 0 N–H and O–H groups in total. The Hall–Kier alpha value is -1.93. The van der Waals surface area contributed by atoms with Gasteiger partial charge in [0, 0.05) is 25.3 Å². The van der Waals surface area contributed by atoms with Crippen molar-refractivity contribution < 1.29 is 0 Å². The van der Waals surface area contributed by atoms with Crippen molar-refractivity contribution in [2.45, 2.75) is 33.2 Å². The average Bonchev–Trinajstić information content (AvgIpc) is 2.56. The number of aryl methyl sites for hydroxylation is 2. The largest absolute Gasteiger partial charge is 0.294 e. The zero-order chi connectivity index (χ0) is 15.4. The lowest BCUT2D eigenvalue weighted by molar-refractivity contribution is 0.296. The second-order valence-electron chi connectivity index (χ2n) is 6.03. The average molecular weight is 292 g/mol. The molecule has 0 spiro atoms. The van der Waals surface area contributed by atoms with Crippen LogP contribution in [0.4, 0.5) is 0 Å². The molecule has 2 heteroatoms. The topological polar surface area (TPSA) is 16.1 Å². The maximum Gasteiger partial charge on any atom is 0.0675 e. The Balaban J connectivity index is 1.74. The molecule has 0 amide bonds. The number of hydrogen-bond donors (Lipinski definition) is 0. The molecule has 2 nitrogen and oxygen atoms in total. The van der Waals surface area contributed by atoms with Crippen LogP contribution in [0.1, 0.15) is 35.9 Å². The minimum absolute atomic E-state index is 0.994. The zero-order valence-electron chi connectivity index (χ0n) is 13.5. The normalized spacial score (nSPS) is 15.6. The summed E-state index contributed by atoms with van der Waals surface area (Å²) in [6.45, 7) is 7.46. The molecule has 2 aromatic rings. The van der Waals surface area contributed by atoms with E-state index in [1.54, 1.807) is 0 Å². The van der Waals surface area contributed by atoms with Gasteiger partial charge in [0.2, 0.25) is 0 Å². The van der Waals surface area contributed by atoms with Crippen molar-refractivity contribution in [1.29, 1.82) is 0 Å². The van der Waals surface area contributed by atoms with Crippen LogP contribution in [0, 0.1) is 6.92 Å². The van der Waals surface area contributed by atoms with E-state index in [2.05, 4.69) is 67.3 Å². The van der Waals surface area contributed by atoms with Crippen LogP contribution >= 0.6 is 0 Å². The summed E-state index contributed by atoms with van der Waals surface area (Å²) in [5.74, 6) is 0. The zero-order valence-corrected chi connectivity index (χ0v) is 13.5. The predicted molar refractivity (Wildman–Crippen MR) is 92.7 cm³/mol. The summed E-state index contributed by atoms with van der Waals surface area (Å²) < 4.78 is 0. The quantitative estimate of drug-likeness (QED) is 0.838. The van der Waals surface area contributed by atoms with Crippen molar-refractivity contribution in [1.82, 2.24) is 9.88 Å². The van der Waals surface area contributed by atoms with Crippen LogP contribution < -0.4 is 0 Å². The Morgan fingerprint density at radius 2 is 1.91 bits per heavy atom. The highest BCUT2D eigenvalue weighted by Crippen LogP contribution is 2.22. The third kappa shape index (κ3) is 3.45. The Kier molecular flexibility index (Phi) is 4.69.